The van der Waals surface area contributed by atoms with Crippen molar-refractivity contribution in [3.63, 3.8) is 0 Å². The monoisotopic (exact) mass is 256 g/mol. The Kier molecular flexibility index (Phi) is 4.05. The van der Waals surface area contributed by atoms with Crippen molar-refractivity contribution in [2.24, 2.45) is 5.73 Å². The van der Waals surface area contributed by atoms with E-state index in [-0.39, 0.29) is 11.7 Å². The van der Waals surface area contributed by atoms with E-state index in [0.29, 0.717) is 11.5 Å². The Morgan fingerprint density at radius 2 is 2.19 bits per heavy atom. The number of hydrogen-bond acceptors (Lipinski definition) is 6. The van der Waals surface area contributed by atoms with Crippen LogP contribution in [0.5, 0.6) is 0 Å². The molecule has 0 spiro atoms. The van der Waals surface area contributed by atoms with E-state index in [0.717, 1.165) is 0 Å². The zero-order valence-electron chi connectivity index (χ0n) is 8.32. The molecule has 9 heteroatoms. The van der Waals surface area contributed by atoms with E-state index < -0.39 is 24.1 Å². The summed E-state index contributed by atoms with van der Waals surface area (Å²) in [5.74, 6) is -1.18. The standard InChI is InChI=1S/C7H11F3N4OS/c1-3(15)4(11)2-12-6-13-5(14-16-6)7(8,9)10/h3-4,15H,2,11H2,1H3,(H,12,13,14). The number of nitrogens with two attached hydrogens (primary N) is 1. The number of rotatable bonds is 4. The first-order valence-corrected chi connectivity index (χ1v) is 5.16. The molecular formula is C7H11F3N4OS. The minimum Gasteiger partial charge on any atom is -0.392 e. The maximum atomic E-state index is 12.1. The zero-order valence-corrected chi connectivity index (χ0v) is 9.14. The average Bonchev–Trinajstić information content (AvgIpc) is 2.61. The second kappa shape index (κ2) is 4.93. The normalized spacial score (nSPS) is 15.9. The lowest BCUT2D eigenvalue weighted by Crippen LogP contribution is -2.38. The molecule has 2 atom stereocenters. The first-order chi connectivity index (χ1) is 7.30. The van der Waals surface area contributed by atoms with E-state index in [2.05, 4.69) is 14.7 Å². The van der Waals surface area contributed by atoms with Gasteiger partial charge in [0, 0.05) is 24.1 Å². The van der Waals surface area contributed by atoms with Crippen LogP contribution in [0, 0.1) is 0 Å². The van der Waals surface area contributed by atoms with Crippen LogP contribution in [0.1, 0.15) is 12.7 Å². The average molecular weight is 256 g/mol. The number of halogens is 3. The van der Waals surface area contributed by atoms with Gasteiger partial charge in [0.25, 0.3) is 0 Å². The quantitative estimate of drug-likeness (QED) is 0.737. The van der Waals surface area contributed by atoms with E-state index in [1.165, 1.54) is 6.92 Å². The molecular weight excluding hydrogens is 245 g/mol. The van der Waals surface area contributed by atoms with Gasteiger partial charge in [-0.25, -0.2) is 0 Å². The van der Waals surface area contributed by atoms with Gasteiger partial charge in [-0.15, -0.1) is 0 Å². The van der Waals surface area contributed by atoms with Gasteiger partial charge in [0.2, 0.25) is 11.0 Å². The van der Waals surface area contributed by atoms with Crippen LogP contribution in [-0.4, -0.2) is 33.2 Å². The summed E-state index contributed by atoms with van der Waals surface area (Å²) in [5, 5.41) is 11.7. The van der Waals surface area contributed by atoms with Gasteiger partial charge in [0.1, 0.15) is 0 Å². The SMILES string of the molecule is CC(O)C(N)CNc1nc(C(F)(F)F)ns1. The van der Waals surface area contributed by atoms with Crippen LogP contribution in [-0.2, 0) is 6.18 Å². The zero-order chi connectivity index (χ0) is 12.3. The summed E-state index contributed by atoms with van der Waals surface area (Å²) in [5.41, 5.74) is 5.48. The molecule has 0 aliphatic carbocycles. The molecule has 0 aromatic carbocycles. The van der Waals surface area contributed by atoms with Crippen LogP contribution in [0.3, 0.4) is 0 Å². The third-order valence-electron chi connectivity index (χ3n) is 1.79. The number of nitrogens with zero attached hydrogens (tertiary/aromatic N) is 2. The Hall–Kier alpha value is -0.930. The van der Waals surface area contributed by atoms with Gasteiger partial charge in [0.05, 0.1) is 6.10 Å². The Bertz CT molecular complexity index is 341. The molecule has 92 valence electrons. The van der Waals surface area contributed by atoms with Crippen molar-refractivity contribution in [3.8, 4) is 0 Å². The van der Waals surface area contributed by atoms with Crippen molar-refractivity contribution in [2.75, 3.05) is 11.9 Å². The maximum Gasteiger partial charge on any atom is 0.452 e. The lowest BCUT2D eigenvalue weighted by atomic mass is 10.2. The fourth-order valence-electron chi connectivity index (χ4n) is 0.786. The number of hydrogen-bond donors (Lipinski definition) is 3. The van der Waals surface area contributed by atoms with Crippen LogP contribution < -0.4 is 11.1 Å². The highest BCUT2D eigenvalue weighted by Crippen LogP contribution is 2.28. The van der Waals surface area contributed by atoms with Crippen molar-refractivity contribution in [3.05, 3.63) is 5.82 Å². The molecule has 1 aromatic rings. The van der Waals surface area contributed by atoms with E-state index in [1.54, 1.807) is 0 Å². The highest BCUT2D eigenvalue weighted by molar-refractivity contribution is 7.09. The van der Waals surface area contributed by atoms with Crippen LogP contribution in [0.15, 0.2) is 0 Å². The topological polar surface area (TPSA) is 84.1 Å². The minimum absolute atomic E-state index is 0.0309. The van der Waals surface area contributed by atoms with Gasteiger partial charge in [0.15, 0.2) is 0 Å². The highest BCUT2D eigenvalue weighted by atomic mass is 32.1. The van der Waals surface area contributed by atoms with Gasteiger partial charge >= 0.3 is 6.18 Å². The fraction of sp³-hybridized carbons (Fsp3) is 0.714. The van der Waals surface area contributed by atoms with Crippen molar-refractivity contribution in [1.29, 1.82) is 0 Å². The molecule has 0 amide bonds. The maximum absolute atomic E-state index is 12.1. The summed E-state index contributed by atoms with van der Waals surface area (Å²) in [6.45, 7) is 1.62. The van der Waals surface area contributed by atoms with Gasteiger partial charge < -0.3 is 16.2 Å². The van der Waals surface area contributed by atoms with Gasteiger partial charge in [-0.05, 0) is 6.92 Å². The second-order valence-electron chi connectivity index (χ2n) is 3.21. The lowest BCUT2D eigenvalue weighted by molar-refractivity contribution is -0.144. The molecule has 16 heavy (non-hydrogen) atoms. The van der Waals surface area contributed by atoms with Crippen LogP contribution in [0.4, 0.5) is 18.3 Å². The Morgan fingerprint density at radius 3 is 2.62 bits per heavy atom. The molecule has 1 rings (SSSR count). The lowest BCUT2D eigenvalue weighted by Gasteiger charge is -2.14. The van der Waals surface area contributed by atoms with Crippen molar-refractivity contribution < 1.29 is 18.3 Å². The molecule has 0 radical (unpaired) electrons. The molecule has 0 aliphatic heterocycles. The van der Waals surface area contributed by atoms with Crippen molar-refractivity contribution >= 4 is 16.7 Å². The third-order valence-corrected chi connectivity index (χ3v) is 2.46. The summed E-state index contributed by atoms with van der Waals surface area (Å²) in [6.07, 6.45) is -5.29. The third kappa shape index (κ3) is 3.58. The van der Waals surface area contributed by atoms with Crippen molar-refractivity contribution in [1.82, 2.24) is 9.36 Å². The molecule has 0 saturated carbocycles. The van der Waals surface area contributed by atoms with Crippen molar-refractivity contribution in [2.45, 2.75) is 25.2 Å². The number of nitrogens with one attached hydrogen (secondary N) is 1. The first-order valence-electron chi connectivity index (χ1n) is 4.39. The predicted octanol–water partition coefficient (Wildman–Crippen LogP) is 0.677. The summed E-state index contributed by atoms with van der Waals surface area (Å²) in [6, 6.07) is -0.571. The van der Waals surface area contributed by atoms with Crippen LogP contribution >= 0.6 is 11.5 Å². The van der Waals surface area contributed by atoms with E-state index in [1.807, 2.05) is 0 Å². The van der Waals surface area contributed by atoms with E-state index >= 15 is 0 Å². The summed E-state index contributed by atoms with van der Waals surface area (Å²) in [7, 11) is 0. The Morgan fingerprint density at radius 1 is 1.56 bits per heavy atom. The molecule has 1 aromatic heterocycles. The van der Waals surface area contributed by atoms with E-state index in [9.17, 15) is 13.2 Å². The smallest absolute Gasteiger partial charge is 0.392 e. The second-order valence-corrected chi connectivity index (χ2v) is 3.96. The van der Waals surface area contributed by atoms with Crippen LogP contribution in [0.25, 0.3) is 0 Å². The number of aliphatic hydroxyl groups is 1. The van der Waals surface area contributed by atoms with Gasteiger partial charge in [-0.3, -0.25) is 0 Å². The summed E-state index contributed by atoms with van der Waals surface area (Å²) >= 11 is 0.601. The predicted molar refractivity (Wildman–Crippen MR) is 53.1 cm³/mol. The number of aromatic nitrogens is 2. The van der Waals surface area contributed by atoms with Gasteiger partial charge in [-0.1, -0.05) is 0 Å². The van der Waals surface area contributed by atoms with Crippen LogP contribution in [0.2, 0.25) is 0 Å². The first kappa shape index (κ1) is 13.1. The Labute approximate surface area is 93.7 Å². The number of alkyl halides is 3. The fourth-order valence-corrected chi connectivity index (χ4v) is 1.38. The molecule has 0 saturated heterocycles. The van der Waals surface area contributed by atoms with E-state index in [4.69, 9.17) is 10.8 Å². The highest BCUT2D eigenvalue weighted by Gasteiger charge is 2.36. The molecule has 5 nitrogen and oxygen atoms in total. The molecule has 1 heterocycles. The molecule has 0 bridgehead atoms. The number of anilines is 1. The summed E-state index contributed by atoms with van der Waals surface area (Å²) < 4.78 is 39.5. The minimum atomic E-state index is -4.54. The molecule has 2 unspecified atom stereocenters. The summed E-state index contributed by atoms with van der Waals surface area (Å²) in [4.78, 5) is 3.25. The number of aliphatic hydroxyl groups excluding tert-OH is 1. The Balaban J connectivity index is 2.53. The molecule has 0 fully saturated rings. The largest absolute Gasteiger partial charge is 0.452 e. The molecule has 4 N–H and O–H groups in total. The molecule has 0 aliphatic rings. The van der Waals surface area contributed by atoms with Gasteiger partial charge in [-0.2, -0.15) is 22.5 Å².